The van der Waals surface area contributed by atoms with Crippen LogP contribution in [-0.4, -0.2) is 28.5 Å². The lowest BCUT2D eigenvalue weighted by Gasteiger charge is -2.34. The highest BCUT2D eigenvalue weighted by molar-refractivity contribution is 5.27. The smallest absolute Gasteiger partial charge is 0.0519 e. The minimum Gasteiger partial charge on any atom is -0.326 e. The normalized spacial score (nSPS) is 30.1. The molecule has 1 aliphatic carbocycles. The first-order chi connectivity index (χ1) is 8.77. The Bertz CT molecular complexity index is 414. The van der Waals surface area contributed by atoms with Crippen LogP contribution in [0.25, 0.3) is 0 Å². The quantitative estimate of drug-likeness (QED) is 0.870. The van der Waals surface area contributed by atoms with E-state index in [9.17, 15) is 0 Å². The summed E-state index contributed by atoms with van der Waals surface area (Å²) in [4.78, 5) is 6.97. The maximum Gasteiger partial charge on any atom is 0.0519 e. The molecular weight excluding hydrogens is 222 g/mol. The number of rotatable bonds is 2. The molecule has 98 valence electrons. The van der Waals surface area contributed by atoms with Gasteiger partial charge in [-0.25, -0.2) is 0 Å². The van der Waals surface area contributed by atoms with Gasteiger partial charge < -0.3 is 5.73 Å². The molecule has 1 saturated heterocycles. The number of nitrogens with zero attached hydrogens (tertiary/aromatic N) is 2. The van der Waals surface area contributed by atoms with Crippen LogP contribution in [0.3, 0.4) is 0 Å². The number of likely N-dealkylation sites (tertiary alicyclic amines) is 1. The van der Waals surface area contributed by atoms with E-state index in [-0.39, 0.29) is 6.04 Å². The fraction of sp³-hybridized carbons (Fsp3) is 0.667. The highest BCUT2D eigenvalue weighted by atomic mass is 15.2. The number of hydrogen-bond donors (Lipinski definition) is 1. The largest absolute Gasteiger partial charge is 0.326 e. The van der Waals surface area contributed by atoms with E-state index >= 15 is 0 Å². The molecule has 2 atom stereocenters. The van der Waals surface area contributed by atoms with Crippen molar-refractivity contribution in [3.8, 4) is 0 Å². The molecule has 3 rings (SSSR count). The zero-order valence-electron chi connectivity index (χ0n) is 11.2. The second kappa shape index (κ2) is 4.98. The van der Waals surface area contributed by atoms with Gasteiger partial charge in [0.05, 0.1) is 6.04 Å². The predicted octanol–water partition coefficient (Wildman–Crippen LogP) is 2.41. The van der Waals surface area contributed by atoms with E-state index in [1.807, 2.05) is 12.4 Å². The molecule has 2 heterocycles. The topological polar surface area (TPSA) is 42.1 Å². The van der Waals surface area contributed by atoms with Crippen LogP contribution in [0.1, 0.15) is 49.3 Å². The molecule has 18 heavy (non-hydrogen) atoms. The molecule has 2 unspecified atom stereocenters. The molecule has 1 aromatic heterocycles. The minimum atomic E-state index is 0.260. The maximum absolute atomic E-state index is 6.47. The van der Waals surface area contributed by atoms with Crippen molar-refractivity contribution in [2.45, 2.75) is 57.2 Å². The molecule has 2 fully saturated rings. The summed E-state index contributed by atoms with van der Waals surface area (Å²) < 4.78 is 0. The average molecular weight is 245 g/mol. The van der Waals surface area contributed by atoms with Gasteiger partial charge in [-0.05, 0) is 56.3 Å². The van der Waals surface area contributed by atoms with Crippen molar-refractivity contribution in [1.29, 1.82) is 0 Å². The summed E-state index contributed by atoms with van der Waals surface area (Å²) in [5, 5.41) is 0. The van der Waals surface area contributed by atoms with Gasteiger partial charge in [0, 0.05) is 24.5 Å². The van der Waals surface area contributed by atoms with Gasteiger partial charge in [-0.2, -0.15) is 0 Å². The molecule has 0 bridgehead atoms. The summed E-state index contributed by atoms with van der Waals surface area (Å²) >= 11 is 0. The van der Waals surface area contributed by atoms with Crippen LogP contribution in [0.4, 0.5) is 0 Å². The number of aryl methyl sites for hydroxylation is 1. The summed E-state index contributed by atoms with van der Waals surface area (Å²) in [6.07, 6.45) is 10.3. The lowest BCUT2D eigenvalue weighted by atomic mass is 9.94. The first-order valence-corrected chi connectivity index (χ1v) is 7.19. The zero-order valence-corrected chi connectivity index (χ0v) is 11.2. The molecule has 0 radical (unpaired) electrons. The Morgan fingerprint density at radius 3 is 2.83 bits per heavy atom. The molecule has 0 amide bonds. The van der Waals surface area contributed by atoms with Crippen molar-refractivity contribution in [3.63, 3.8) is 0 Å². The van der Waals surface area contributed by atoms with Gasteiger partial charge in [0.1, 0.15) is 0 Å². The Balaban J connectivity index is 1.95. The van der Waals surface area contributed by atoms with E-state index in [1.165, 1.54) is 43.4 Å². The van der Waals surface area contributed by atoms with Gasteiger partial charge in [-0.15, -0.1) is 0 Å². The Morgan fingerprint density at radius 1 is 1.28 bits per heavy atom. The second-order valence-corrected chi connectivity index (χ2v) is 5.81. The standard InChI is InChI=1S/C15H23N3/c1-11-7-8-17-10-13(11)15-14(16)4-2-3-9-18(15)12-5-6-12/h7-8,10,12,14-15H,2-6,9,16H2,1H3. The third kappa shape index (κ3) is 2.29. The first-order valence-electron chi connectivity index (χ1n) is 7.19. The first kappa shape index (κ1) is 12.1. The van der Waals surface area contributed by atoms with Crippen molar-refractivity contribution in [1.82, 2.24) is 9.88 Å². The molecule has 0 aromatic carbocycles. The SMILES string of the molecule is Cc1ccncc1C1C(N)CCCCN1C1CC1. The van der Waals surface area contributed by atoms with Crippen LogP contribution in [0.15, 0.2) is 18.5 Å². The summed E-state index contributed by atoms with van der Waals surface area (Å²) in [7, 11) is 0. The van der Waals surface area contributed by atoms with E-state index in [0.29, 0.717) is 6.04 Å². The Kier molecular flexibility index (Phi) is 3.35. The molecule has 1 aromatic rings. The van der Waals surface area contributed by atoms with Crippen molar-refractivity contribution in [2.75, 3.05) is 6.54 Å². The molecule has 3 nitrogen and oxygen atoms in total. The number of nitrogens with two attached hydrogens (primary N) is 1. The van der Waals surface area contributed by atoms with Gasteiger partial charge >= 0.3 is 0 Å². The molecule has 1 saturated carbocycles. The lowest BCUT2D eigenvalue weighted by molar-refractivity contribution is 0.175. The van der Waals surface area contributed by atoms with E-state index < -0.39 is 0 Å². The molecule has 2 aliphatic rings. The molecule has 3 heteroatoms. The number of pyridine rings is 1. The Labute approximate surface area is 109 Å². The minimum absolute atomic E-state index is 0.260. The van der Waals surface area contributed by atoms with Crippen molar-refractivity contribution >= 4 is 0 Å². The fourth-order valence-corrected chi connectivity index (χ4v) is 3.23. The third-order valence-electron chi connectivity index (χ3n) is 4.38. The predicted molar refractivity (Wildman–Crippen MR) is 73.3 cm³/mol. The molecule has 1 aliphatic heterocycles. The van der Waals surface area contributed by atoms with E-state index in [0.717, 1.165) is 12.5 Å². The third-order valence-corrected chi connectivity index (χ3v) is 4.38. The highest BCUT2D eigenvalue weighted by Crippen LogP contribution is 2.39. The van der Waals surface area contributed by atoms with Crippen LogP contribution in [-0.2, 0) is 0 Å². The van der Waals surface area contributed by atoms with Crippen molar-refractivity contribution in [2.24, 2.45) is 5.73 Å². The molecular formula is C15H23N3. The Hall–Kier alpha value is -0.930. The maximum atomic E-state index is 6.47. The van der Waals surface area contributed by atoms with Gasteiger partial charge in [-0.1, -0.05) is 6.42 Å². The van der Waals surface area contributed by atoms with E-state index in [4.69, 9.17) is 5.73 Å². The summed E-state index contributed by atoms with van der Waals surface area (Å²) in [5.74, 6) is 0. The summed E-state index contributed by atoms with van der Waals surface area (Å²) in [6.45, 7) is 3.39. The van der Waals surface area contributed by atoms with Crippen molar-refractivity contribution in [3.05, 3.63) is 29.6 Å². The summed E-state index contributed by atoms with van der Waals surface area (Å²) in [6, 6.07) is 3.53. The lowest BCUT2D eigenvalue weighted by Crippen LogP contribution is -2.41. The van der Waals surface area contributed by atoms with Gasteiger partial charge in [0.15, 0.2) is 0 Å². The highest BCUT2D eigenvalue weighted by Gasteiger charge is 2.38. The zero-order chi connectivity index (χ0) is 12.5. The average Bonchev–Trinajstić information content (AvgIpc) is 3.17. The van der Waals surface area contributed by atoms with Crippen molar-refractivity contribution < 1.29 is 0 Å². The monoisotopic (exact) mass is 245 g/mol. The number of aromatic nitrogens is 1. The van der Waals surface area contributed by atoms with Crippen LogP contribution < -0.4 is 5.73 Å². The Morgan fingerprint density at radius 2 is 2.11 bits per heavy atom. The van der Waals surface area contributed by atoms with Gasteiger partial charge in [-0.3, -0.25) is 9.88 Å². The molecule has 2 N–H and O–H groups in total. The van der Waals surface area contributed by atoms with Gasteiger partial charge in [0.2, 0.25) is 0 Å². The summed E-state index contributed by atoms with van der Waals surface area (Å²) in [5.41, 5.74) is 9.14. The van der Waals surface area contributed by atoms with Gasteiger partial charge in [0.25, 0.3) is 0 Å². The number of hydrogen-bond acceptors (Lipinski definition) is 3. The van der Waals surface area contributed by atoms with Crippen LogP contribution in [0.5, 0.6) is 0 Å². The van der Waals surface area contributed by atoms with E-state index in [2.05, 4.69) is 22.9 Å². The second-order valence-electron chi connectivity index (χ2n) is 5.81. The van der Waals surface area contributed by atoms with Crippen LogP contribution in [0.2, 0.25) is 0 Å². The molecule has 0 spiro atoms. The van der Waals surface area contributed by atoms with Crippen LogP contribution in [0, 0.1) is 6.92 Å². The fourth-order valence-electron chi connectivity index (χ4n) is 3.23. The van der Waals surface area contributed by atoms with Crippen LogP contribution >= 0.6 is 0 Å². The van der Waals surface area contributed by atoms with E-state index in [1.54, 1.807) is 0 Å².